The fourth-order valence-electron chi connectivity index (χ4n) is 1.50. The molecule has 1 atom stereocenters. The van der Waals surface area contributed by atoms with Gasteiger partial charge in [-0.2, -0.15) is 0 Å². The van der Waals surface area contributed by atoms with Crippen LogP contribution in [-0.4, -0.2) is 5.60 Å². The van der Waals surface area contributed by atoms with Gasteiger partial charge in [0.2, 0.25) is 0 Å². The molecule has 2 heteroatoms. The molecular formula is C14H23NO. The molecule has 0 bridgehead atoms. The van der Waals surface area contributed by atoms with E-state index in [4.69, 9.17) is 10.5 Å². The fraction of sp³-hybridized carbons (Fsp3) is 0.571. The van der Waals surface area contributed by atoms with E-state index >= 15 is 0 Å². The summed E-state index contributed by atoms with van der Waals surface area (Å²) < 4.78 is 5.76. The number of nitrogens with two attached hydrogens (primary N) is 1. The molecule has 0 radical (unpaired) electrons. The standard InChI is InChI=1S/C14H23NO/c1-10(2)13(15)11-6-8-12(9-7-11)16-14(3,4)5/h6-10,13H,15H2,1-5H3/t13-/m1/s1. The summed E-state index contributed by atoms with van der Waals surface area (Å²) in [6, 6.07) is 8.17. The molecule has 0 aliphatic rings. The Morgan fingerprint density at radius 3 is 1.94 bits per heavy atom. The molecule has 90 valence electrons. The second-order valence-corrected chi connectivity index (χ2v) is 5.55. The maximum atomic E-state index is 6.07. The minimum atomic E-state index is -0.151. The first-order chi connectivity index (χ1) is 7.29. The minimum Gasteiger partial charge on any atom is -0.488 e. The van der Waals surface area contributed by atoms with E-state index in [0.717, 1.165) is 11.3 Å². The summed E-state index contributed by atoms with van der Waals surface area (Å²) in [6.45, 7) is 10.4. The monoisotopic (exact) mass is 221 g/mol. The molecule has 0 unspecified atom stereocenters. The summed E-state index contributed by atoms with van der Waals surface area (Å²) in [6.07, 6.45) is 0. The second-order valence-electron chi connectivity index (χ2n) is 5.55. The van der Waals surface area contributed by atoms with Gasteiger partial charge in [0, 0.05) is 6.04 Å². The lowest BCUT2D eigenvalue weighted by atomic mass is 9.97. The van der Waals surface area contributed by atoms with Crippen molar-refractivity contribution < 1.29 is 4.74 Å². The van der Waals surface area contributed by atoms with Gasteiger partial charge in [-0.05, 0) is 44.4 Å². The molecule has 0 aromatic heterocycles. The third-order valence-corrected chi connectivity index (χ3v) is 2.41. The third kappa shape index (κ3) is 3.86. The predicted octanol–water partition coefficient (Wildman–Crippen LogP) is 3.52. The zero-order valence-corrected chi connectivity index (χ0v) is 10.9. The maximum Gasteiger partial charge on any atom is 0.120 e. The molecule has 16 heavy (non-hydrogen) atoms. The summed E-state index contributed by atoms with van der Waals surface area (Å²) in [5, 5.41) is 0. The van der Waals surface area contributed by atoms with Crippen LogP contribution in [0, 0.1) is 5.92 Å². The Kier molecular flexibility index (Phi) is 3.98. The summed E-state index contributed by atoms with van der Waals surface area (Å²) in [7, 11) is 0. The van der Waals surface area contributed by atoms with Gasteiger partial charge in [0.15, 0.2) is 0 Å². The van der Waals surface area contributed by atoms with Gasteiger partial charge in [0.25, 0.3) is 0 Å². The Hall–Kier alpha value is -1.02. The number of ether oxygens (including phenoxy) is 1. The highest BCUT2D eigenvalue weighted by Gasteiger charge is 2.13. The fourth-order valence-corrected chi connectivity index (χ4v) is 1.50. The van der Waals surface area contributed by atoms with Gasteiger partial charge in [-0.1, -0.05) is 26.0 Å². The third-order valence-electron chi connectivity index (χ3n) is 2.41. The molecule has 0 saturated carbocycles. The smallest absolute Gasteiger partial charge is 0.120 e. The van der Waals surface area contributed by atoms with Gasteiger partial charge >= 0.3 is 0 Å². The Labute approximate surface area is 98.8 Å². The van der Waals surface area contributed by atoms with Gasteiger partial charge in [0.1, 0.15) is 11.4 Å². The first-order valence-corrected chi connectivity index (χ1v) is 5.84. The molecule has 0 aliphatic carbocycles. The lowest BCUT2D eigenvalue weighted by Crippen LogP contribution is -2.23. The zero-order chi connectivity index (χ0) is 12.3. The van der Waals surface area contributed by atoms with Crippen molar-refractivity contribution in [2.45, 2.75) is 46.3 Å². The second kappa shape index (κ2) is 4.88. The van der Waals surface area contributed by atoms with Gasteiger partial charge in [-0.3, -0.25) is 0 Å². The van der Waals surface area contributed by atoms with Crippen LogP contribution < -0.4 is 10.5 Å². The van der Waals surface area contributed by atoms with Crippen LogP contribution in [0.2, 0.25) is 0 Å². The molecule has 0 aliphatic heterocycles. The molecule has 0 amide bonds. The van der Waals surface area contributed by atoms with Crippen LogP contribution in [-0.2, 0) is 0 Å². The highest BCUT2D eigenvalue weighted by atomic mass is 16.5. The molecule has 2 N–H and O–H groups in total. The number of hydrogen-bond donors (Lipinski definition) is 1. The number of benzene rings is 1. The van der Waals surface area contributed by atoms with E-state index in [2.05, 4.69) is 13.8 Å². The van der Waals surface area contributed by atoms with Crippen LogP contribution in [0.1, 0.15) is 46.2 Å². The van der Waals surface area contributed by atoms with Gasteiger partial charge < -0.3 is 10.5 Å². The molecular weight excluding hydrogens is 198 g/mol. The van der Waals surface area contributed by atoms with Gasteiger partial charge in [-0.25, -0.2) is 0 Å². The Bertz CT molecular complexity index is 322. The topological polar surface area (TPSA) is 35.2 Å². The summed E-state index contributed by atoms with van der Waals surface area (Å²) in [4.78, 5) is 0. The zero-order valence-electron chi connectivity index (χ0n) is 10.9. The van der Waals surface area contributed by atoms with Crippen LogP contribution >= 0.6 is 0 Å². The van der Waals surface area contributed by atoms with Crippen molar-refractivity contribution in [3.63, 3.8) is 0 Å². The molecule has 1 aromatic carbocycles. The van der Waals surface area contributed by atoms with E-state index in [1.165, 1.54) is 0 Å². The van der Waals surface area contributed by atoms with Crippen LogP contribution in [0.25, 0.3) is 0 Å². The summed E-state index contributed by atoms with van der Waals surface area (Å²) in [5.74, 6) is 1.35. The highest BCUT2D eigenvalue weighted by molar-refractivity contribution is 5.29. The van der Waals surface area contributed by atoms with E-state index in [-0.39, 0.29) is 11.6 Å². The Morgan fingerprint density at radius 2 is 1.56 bits per heavy atom. The van der Waals surface area contributed by atoms with Crippen molar-refractivity contribution in [3.8, 4) is 5.75 Å². The molecule has 1 rings (SSSR count). The maximum absolute atomic E-state index is 6.07. The van der Waals surface area contributed by atoms with Crippen LogP contribution in [0.5, 0.6) is 5.75 Å². The Morgan fingerprint density at radius 1 is 1.06 bits per heavy atom. The lowest BCUT2D eigenvalue weighted by molar-refractivity contribution is 0.131. The normalized spacial score (nSPS) is 13.9. The van der Waals surface area contributed by atoms with E-state index < -0.39 is 0 Å². The van der Waals surface area contributed by atoms with Crippen molar-refractivity contribution >= 4 is 0 Å². The van der Waals surface area contributed by atoms with Crippen molar-refractivity contribution in [3.05, 3.63) is 29.8 Å². The van der Waals surface area contributed by atoms with E-state index in [1.54, 1.807) is 0 Å². The van der Waals surface area contributed by atoms with Crippen molar-refractivity contribution in [1.29, 1.82) is 0 Å². The number of rotatable bonds is 3. The molecule has 0 fully saturated rings. The largest absolute Gasteiger partial charge is 0.488 e. The summed E-state index contributed by atoms with van der Waals surface area (Å²) >= 11 is 0. The molecule has 0 saturated heterocycles. The lowest BCUT2D eigenvalue weighted by Gasteiger charge is -2.22. The van der Waals surface area contributed by atoms with Gasteiger partial charge in [0.05, 0.1) is 0 Å². The first kappa shape index (κ1) is 13.0. The average Bonchev–Trinajstić information content (AvgIpc) is 2.15. The Balaban J connectivity index is 2.76. The van der Waals surface area contributed by atoms with Crippen LogP contribution in [0.15, 0.2) is 24.3 Å². The van der Waals surface area contributed by atoms with Gasteiger partial charge in [-0.15, -0.1) is 0 Å². The van der Waals surface area contributed by atoms with E-state index in [9.17, 15) is 0 Å². The summed E-state index contributed by atoms with van der Waals surface area (Å²) in [5.41, 5.74) is 7.09. The molecule has 0 heterocycles. The van der Waals surface area contributed by atoms with Crippen LogP contribution in [0.4, 0.5) is 0 Å². The van der Waals surface area contributed by atoms with E-state index in [0.29, 0.717) is 5.92 Å². The quantitative estimate of drug-likeness (QED) is 0.847. The molecule has 1 aromatic rings. The highest BCUT2D eigenvalue weighted by Crippen LogP contribution is 2.23. The molecule has 0 spiro atoms. The SMILES string of the molecule is CC(C)[C@@H](N)c1ccc(OC(C)(C)C)cc1. The predicted molar refractivity (Wildman–Crippen MR) is 68.6 cm³/mol. The molecule has 2 nitrogen and oxygen atoms in total. The first-order valence-electron chi connectivity index (χ1n) is 5.84. The van der Waals surface area contributed by atoms with Crippen molar-refractivity contribution in [2.75, 3.05) is 0 Å². The van der Waals surface area contributed by atoms with Crippen molar-refractivity contribution in [1.82, 2.24) is 0 Å². The van der Waals surface area contributed by atoms with Crippen LogP contribution in [0.3, 0.4) is 0 Å². The minimum absolute atomic E-state index is 0.101. The average molecular weight is 221 g/mol. The van der Waals surface area contributed by atoms with Crippen molar-refractivity contribution in [2.24, 2.45) is 11.7 Å². The number of hydrogen-bond acceptors (Lipinski definition) is 2. The van der Waals surface area contributed by atoms with E-state index in [1.807, 2.05) is 45.0 Å².